The minimum absolute atomic E-state index is 0.00704. The molecule has 21 heavy (non-hydrogen) atoms. The maximum atomic E-state index is 13.6. The summed E-state index contributed by atoms with van der Waals surface area (Å²) in [5.74, 6) is -2.19. The van der Waals surface area contributed by atoms with Crippen LogP contribution < -0.4 is 0 Å². The standard InChI is InChI=1S/C16H11F3O2/c1-16(20,10-6-11(17)8-12(18)7-10)14-5-9-3-2-4-13(19)15(9)21-14/h2-8,20H,1H3. The van der Waals surface area contributed by atoms with Gasteiger partial charge >= 0.3 is 0 Å². The minimum atomic E-state index is -1.78. The zero-order valence-electron chi connectivity index (χ0n) is 11.0. The van der Waals surface area contributed by atoms with Crippen LogP contribution in [0, 0.1) is 17.5 Å². The van der Waals surface area contributed by atoms with Crippen LogP contribution in [0.25, 0.3) is 11.0 Å². The van der Waals surface area contributed by atoms with Crippen LogP contribution in [0.3, 0.4) is 0 Å². The molecular formula is C16H11F3O2. The second-order valence-corrected chi connectivity index (χ2v) is 5.00. The predicted molar refractivity (Wildman–Crippen MR) is 71.2 cm³/mol. The van der Waals surface area contributed by atoms with E-state index in [1.165, 1.54) is 25.1 Å². The number of furan rings is 1. The number of halogens is 3. The largest absolute Gasteiger partial charge is 0.455 e. The first-order valence-electron chi connectivity index (χ1n) is 6.25. The Kier molecular flexibility index (Phi) is 3.02. The lowest BCUT2D eigenvalue weighted by molar-refractivity contribution is 0.0777. The Morgan fingerprint density at radius 3 is 2.29 bits per heavy atom. The van der Waals surface area contributed by atoms with Crippen molar-refractivity contribution in [3.05, 3.63) is 71.2 Å². The van der Waals surface area contributed by atoms with Crippen molar-refractivity contribution in [2.24, 2.45) is 0 Å². The molecule has 0 aliphatic rings. The molecule has 0 aliphatic carbocycles. The lowest BCUT2D eigenvalue weighted by atomic mass is 9.93. The summed E-state index contributed by atoms with van der Waals surface area (Å²) in [7, 11) is 0. The Balaban J connectivity index is 2.17. The predicted octanol–water partition coefficient (Wildman–Crippen LogP) is 4.11. The Labute approximate surface area is 118 Å². The molecule has 1 aromatic heterocycles. The number of fused-ring (bicyclic) bond motifs is 1. The minimum Gasteiger partial charge on any atom is -0.455 e. The zero-order valence-corrected chi connectivity index (χ0v) is 11.0. The van der Waals surface area contributed by atoms with Crippen LogP contribution in [0.5, 0.6) is 0 Å². The van der Waals surface area contributed by atoms with Gasteiger partial charge in [-0.25, -0.2) is 13.2 Å². The van der Waals surface area contributed by atoms with E-state index in [0.717, 1.165) is 12.1 Å². The molecule has 108 valence electrons. The van der Waals surface area contributed by atoms with Gasteiger partial charge in [0, 0.05) is 11.5 Å². The highest BCUT2D eigenvalue weighted by molar-refractivity contribution is 5.78. The SMILES string of the molecule is CC(O)(c1cc(F)cc(F)c1)c1cc2cccc(F)c2o1. The van der Waals surface area contributed by atoms with Crippen molar-refractivity contribution in [1.29, 1.82) is 0 Å². The highest BCUT2D eigenvalue weighted by Gasteiger charge is 2.31. The van der Waals surface area contributed by atoms with E-state index in [2.05, 4.69) is 0 Å². The molecule has 0 bridgehead atoms. The Morgan fingerprint density at radius 2 is 1.67 bits per heavy atom. The normalized spacial score (nSPS) is 14.3. The fourth-order valence-electron chi connectivity index (χ4n) is 2.24. The summed E-state index contributed by atoms with van der Waals surface area (Å²) in [5, 5.41) is 11.0. The van der Waals surface area contributed by atoms with Crippen LogP contribution in [0.2, 0.25) is 0 Å². The topological polar surface area (TPSA) is 33.4 Å². The van der Waals surface area contributed by atoms with Crippen molar-refractivity contribution in [3.63, 3.8) is 0 Å². The molecule has 1 unspecified atom stereocenters. The van der Waals surface area contributed by atoms with Crippen molar-refractivity contribution in [2.75, 3.05) is 0 Å². The molecule has 3 aromatic rings. The lowest BCUT2D eigenvalue weighted by Crippen LogP contribution is -2.22. The van der Waals surface area contributed by atoms with E-state index in [1.54, 1.807) is 6.07 Å². The number of rotatable bonds is 2. The number of hydrogen-bond donors (Lipinski definition) is 1. The first-order chi connectivity index (χ1) is 9.88. The first-order valence-corrected chi connectivity index (χ1v) is 6.25. The molecule has 3 rings (SSSR count). The Bertz CT molecular complexity index is 801. The summed E-state index contributed by atoms with van der Waals surface area (Å²) in [5.41, 5.74) is -1.81. The smallest absolute Gasteiger partial charge is 0.170 e. The van der Waals surface area contributed by atoms with Crippen molar-refractivity contribution in [1.82, 2.24) is 0 Å². The van der Waals surface area contributed by atoms with E-state index in [9.17, 15) is 18.3 Å². The fraction of sp³-hybridized carbons (Fsp3) is 0.125. The second-order valence-electron chi connectivity index (χ2n) is 5.00. The van der Waals surface area contributed by atoms with Crippen molar-refractivity contribution < 1.29 is 22.7 Å². The van der Waals surface area contributed by atoms with Crippen LogP contribution >= 0.6 is 0 Å². The summed E-state index contributed by atoms with van der Waals surface area (Å²) in [6, 6.07) is 8.52. The van der Waals surface area contributed by atoms with Gasteiger partial charge in [0.15, 0.2) is 11.4 Å². The average Bonchev–Trinajstić information content (AvgIpc) is 2.83. The number of benzene rings is 2. The highest BCUT2D eigenvalue weighted by Crippen LogP contribution is 2.34. The van der Waals surface area contributed by atoms with Gasteiger partial charge in [-0.2, -0.15) is 0 Å². The van der Waals surface area contributed by atoms with E-state index >= 15 is 0 Å². The summed E-state index contributed by atoms with van der Waals surface area (Å²) in [6.07, 6.45) is 0. The highest BCUT2D eigenvalue weighted by atomic mass is 19.1. The van der Waals surface area contributed by atoms with E-state index in [1.807, 2.05) is 0 Å². The summed E-state index contributed by atoms with van der Waals surface area (Å²) in [4.78, 5) is 0. The van der Waals surface area contributed by atoms with Crippen LogP contribution in [0.15, 0.2) is 46.9 Å². The fourth-order valence-corrected chi connectivity index (χ4v) is 2.24. The quantitative estimate of drug-likeness (QED) is 0.771. The van der Waals surface area contributed by atoms with Gasteiger partial charge in [-0.3, -0.25) is 0 Å². The van der Waals surface area contributed by atoms with E-state index < -0.39 is 23.1 Å². The van der Waals surface area contributed by atoms with Crippen LogP contribution in [0.4, 0.5) is 13.2 Å². The maximum absolute atomic E-state index is 13.6. The molecule has 1 heterocycles. The third kappa shape index (κ3) is 2.29. The van der Waals surface area contributed by atoms with Crippen LogP contribution in [-0.4, -0.2) is 5.11 Å². The van der Waals surface area contributed by atoms with Gasteiger partial charge in [-0.05, 0) is 36.8 Å². The molecule has 0 amide bonds. The Morgan fingerprint density at radius 1 is 1.00 bits per heavy atom. The third-order valence-corrected chi connectivity index (χ3v) is 3.40. The molecule has 0 fully saturated rings. The van der Waals surface area contributed by atoms with E-state index in [4.69, 9.17) is 4.42 Å². The van der Waals surface area contributed by atoms with Gasteiger partial charge in [0.2, 0.25) is 0 Å². The summed E-state index contributed by atoms with van der Waals surface area (Å²) < 4.78 is 45.6. The molecule has 0 saturated heterocycles. The summed E-state index contributed by atoms with van der Waals surface area (Å²) >= 11 is 0. The lowest BCUT2D eigenvalue weighted by Gasteiger charge is -2.21. The second kappa shape index (κ2) is 4.63. The zero-order chi connectivity index (χ0) is 15.2. The van der Waals surface area contributed by atoms with Crippen LogP contribution in [-0.2, 0) is 5.60 Å². The molecule has 5 heteroatoms. The van der Waals surface area contributed by atoms with E-state index in [0.29, 0.717) is 11.5 Å². The maximum Gasteiger partial charge on any atom is 0.170 e. The van der Waals surface area contributed by atoms with Gasteiger partial charge in [-0.15, -0.1) is 0 Å². The monoisotopic (exact) mass is 292 g/mol. The van der Waals surface area contributed by atoms with Crippen LogP contribution in [0.1, 0.15) is 18.2 Å². The number of hydrogen-bond acceptors (Lipinski definition) is 2. The molecule has 1 atom stereocenters. The third-order valence-electron chi connectivity index (χ3n) is 3.40. The van der Waals surface area contributed by atoms with Crippen molar-refractivity contribution in [2.45, 2.75) is 12.5 Å². The van der Waals surface area contributed by atoms with Gasteiger partial charge < -0.3 is 9.52 Å². The molecule has 0 saturated carbocycles. The van der Waals surface area contributed by atoms with Crippen molar-refractivity contribution in [3.8, 4) is 0 Å². The molecule has 2 nitrogen and oxygen atoms in total. The van der Waals surface area contributed by atoms with Gasteiger partial charge in [0.25, 0.3) is 0 Å². The van der Waals surface area contributed by atoms with E-state index in [-0.39, 0.29) is 16.9 Å². The first kappa shape index (κ1) is 13.7. The number of para-hydroxylation sites is 1. The molecular weight excluding hydrogens is 281 g/mol. The Hall–Kier alpha value is -2.27. The van der Waals surface area contributed by atoms with Gasteiger partial charge in [-0.1, -0.05) is 12.1 Å². The van der Waals surface area contributed by atoms with Gasteiger partial charge in [0.05, 0.1) is 0 Å². The molecule has 0 aliphatic heterocycles. The molecule has 1 N–H and O–H groups in total. The van der Waals surface area contributed by atoms with Gasteiger partial charge in [0.1, 0.15) is 23.0 Å². The molecule has 0 radical (unpaired) electrons. The number of aliphatic hydroxyl groups is 1. The average molecular weight is 292 g/mol. The van der Waals surface area contributed by atoms with Crippen molar-refractivity contribution >= 4 is 11.0 Å². The summed E-state index contributed by atoms with van der Waals surface area (Å²) in [6.45, 7) is 1.33. The molecule has 2 aromatic carbocycles. The molecule has 0 spiro atoms.